The van der Waals surface area contributed by atoms with Crippen LogP contribution in [0.15, 0.2) is 24.3 Å². The average molecular weight is 428 g/mol. The van der Waals surface area contributed by atoms with Crippen molar-refractivity contribution in [3.63, 3.8) is 0 Å². The first-order valence-electron chi connectivity index (χ1n) is 10.1. The van der Waals surface area contributed by atoms with Gasteiger partial charge in [-0.3, -0.25) is 9.59 Å². The molecule has 0 aliphatic rings. The molecule has 0 saturated carbocycles. The van der Waals surface area contributed by atoms with Crippen LogP contribution < -0.4 is 5.32 Å². The zero-order valence-corrected chi connectivity index (χ0v) is 18.6. The molecule has 0 aliphatic carbocycles. The lowest BCUT2D eigenvalue weighted by Gasteiger charge is -2.13. The van der Waals surface area contributed by atoms with Crippen LogP contribution in [0, 0.1) is 12.8 Å². The molecule has 1 amide bonds. The number of aromatic amines is 1. The van der Waals surface area contributed by atoms with Gasteiger partial charge in [0, 0.05) is 22.9 Å². The van der Waals surface area contributed by atoms with Crippen LogP contribution in [0.3, 0.4) is 0 Å². The third kappa shape index (κ3) is 5.39. The second-order valence-electron chi connectivity index (χ2n) is 7.46. The summed E-state index contributed by atoms with van der Waals surface area (Å²) in [4.78, 5) is 52.0. The molecule has 0 bridgehead atoms. The number of esters is 2. The second kappa shape index (κ2) is 10.1. The van der Waals surface area contributed by atoms with E-state index < -0.39 is 18.0 Å². The number of hydrogen-bond donors (Lipinski definition) is 2. The summed E-state index contributed by atoms with van der Waals surface area (Å²) in [5.41, 5.74) is 2.31. The van der Waals surface area contributed by atoms with E-state index in [1.54, 1.807) is 45.0 Å². The van der Waals surface area contributed by atoms with Gasteiger partial charge in [-0.25, -0.2) is 9.59 Å². The average Bonchev–Trinajstić information content (AvgIpc) is 3.09. The van der Waals surface area contributed by atoms with Crippen LogP contribution in [-0.4, -0.2) is 41.8 Å². The van der Waals surface area contributed by atoms with Gasteiger partial charge in [0.15, 0.2) is 6.10 Å². The Labute approximate surface area is 181 Å². The summed E-state index contributed by atoms with van der Waals surface area (Å²) in [6, 6.07) is 6.36. The lowest BCUT2D eigenvalue weighted by molar-refractivity contribution is -0.118. The highest BCUT2D eigenvalue weighted by molar-refractivity contribution is 6.03. The summed E-state index contributed by atoms with van der Waals surface area (Å²) in [5, 5.41) is 2.75. The van der Waals surface area contributed by atoms with Gasteiger partial charge in [-0.1, -0.05) is 20.8 Å². The van der Waals surface area contributed by atoms with Crippen LogP contribution in [-0.2, 0) is 20.7 Å². The van der Waals surface area contributed by atoms with Crippen molar-refractivity contribution in [3.8, 4) is 0 Å². The van der Waals surface area contributed by atoms with Gasteiger partial charge in [0.25, 0.3) is 0 Å². The maximum absolute atomic E-state index is 12.7. The molecule has 8 heteroatoms. The number of H-pyrrole nitrogens is 1. The highest BCUT2D eigenvalue weighted by Crippen LogP contribution is 2.22. The fourth-order valence-electron chi connectivity index (χ4n) is 3.02. The summed E-state index contributed by atoms with van der Waals surface area (Å²) in [5.74, 6) is -1.95. The van der Waals surface area contributed by atoms with Crippen LogP contribution in [0.1, 0.15) is 70.2 Å². The molecule has 1 aromatic heterocycles. The first-order valence-corrected chi connectivity index (χ1v) is 10.1. The molecule has 0 saturated heterocycles. The van der Waals surface area contributed by atoms with E-state index in [9.17, 15) is 19.2 Å². The minimum atomic E-state index is -1.04. The molecule has 0 spiro atoms. The molecule has 0 radical (unpaired) electrons. The molecular formula is C23H28N2O6. The quantitative estimate of drug-likeness (QED) is 0.489. The third-order valence-electron chi connectivity index (χ3n) is 4.89. The van der Waals surface area contributed by atoms with Crippen molar-refractivity contribution < 1.29 is 28.7 Å². The Bertz CT molecular complexity index is 988. The number of carbonyl (C=O) groups excluding carboxylic acids is 4. The van der Waals surface area contributed by atoms with Gasteiger partial charge in [-0.05, 0) is 50.1 Å². The third-order valence-corrected chi connectivity index (χ3v) is 4.89. The Hall–Kier alpha value is -3.42. The number of nitrogens with one attached hydrogen (secondary N) is 2. The van der Waals surface area contributed by atoms with Gasteiger partial charge < -0.3 is 19.8 Å². The van der Waals surface area contributed by atoms with Crippen molar-refractivity contribution in [3.05, 3.63) is 52.3 Å². The van der Waals surface area contributed by atoms with Crippen molar-refractivity contribution in [1.29, 1.82) is 0 Å². The molecule has 1 unspecified atom stereocenters. The smallest absolute Gasteiger partial charge is 0.355 e. The number of benzene rings is 1. The molecule has 0 fully saturated rings. The van der Waals surface area contributed by atoms with E-state index in [4.69, 9.17) is 9.47 Å². The minimum absolute atomic E-state index is 0.114. The maximum atomic E-state index is 12.7. The van der Waals surface area contributed by atoms with Crippen molar-refractivity contribution >= 4 is 29.3 Å². The molecule has 166 valence electrons. The van der Waals surface area contributed by atoms with Crippen LogP contribution in [0.5, 0.6) is 0 Å². The van der Waals surface area contributed by atoms with Crippen molar-refractivity contribution in [2.45, 2.75) is 47.1 Å². The van der Waals surface area contributed by atoms with Crippen LogP contribution in [0.4, 0.5) is 5.69 Å². The summed E-state index contributed by atoms with van der Waals surface area (Å²) in [6.45, 7) is 8.51. The Morgan fingerprint density at radius 2 is 1.65 bits per heavy atom. The Kier molecular flexibility index (Phi) is 7.74. The summed E-state index contributed by atoms with van der Waals surface area (Å²) < 4.78 is 10.1. The van der Waals surface area contributed by atoms with Crippen LogP contribution in [0.25, 0.3) is 0 Å². The minimum Gasteiger partial charge on any atom is -0.465 e. The first-order chi connectivity index (χ1) is 14.6. The number of aryl methyl sites for hydroxylation is 1. The number of carbonyl (C=O) groups is 4. The van der Waals surface area contributed by atoms with Gasteiger partial charge in [0.1, 0.15) is 5.69 Å². The molecule has 1 aromatic carbocycles. The van der Waals surface area contributed by atoms with Crippen molar-refractivity contribution in [2.75, 3.05) is 12.4 Å². The van der Waals surface area contributed by atoms with E-state index in [0.29, 0.717) is 34.5 Å². The molecule has 1 atom stereocenters. The van der Waals surface area contributed by atoms with Crippen molar-refractivity contribution in [2.24, 2.45) is 5.92 Å². The fraction of sp³-hybridized carbons (Fsp3) is 0.391. The van der Waals surface area contributed by atoms with Gasteiger partial charge in [0.2, 0.25) is 11.7 Å². The Balaban J connectivity index is 2.13. The molecule has 2 aromatic rings. The molecule has 1 heterocycles. The highest BCUT2D eigenvalue weighted by Gasteiger charge is 2.27. The predicted octanol–water partition coefficient (Wildman–Crippen LogP) is 3.69. The summed E-state index contributed by atoms with van der Waals surface area (Å²) in [7, 11) is 1.27. The molecule has 2 N–H and O–H groups in total. The lowest BCUT2D eigenvalue weighted by atomic mass is 10.1. The lowest BCUT2D eigenvalue weighted by Crippen LogP contribution is -2.25. The molecule has 8 nitrogen and oxygen atoms in total. The standard InChI is InChI=1S/C23H28N2O6/c1-7-17-18(22(28)30-6)13(4)19(25-17)23(29)31-14(5)20(26)15-8-10-16(11-9-15)24-21(27)12(2)3/h8-12,14,25H,7H2,1-6H3,(H,24,27). The van der Waals surface area contributed by atoms with Gasteiger partial charge in [-0.15, -0.1) is 0 Å². The number of Topliss-reactive ketones (excluding diaryl/α,β-unsaturated/α-hetero) is 1. The molecule has 2 rings (SSSR count). The predicted molar refractivity (Wildman–Crippen MR) is 115 cm³/mol. The fourth-order valence-corrected chi connectivity index (χ4v) is 3.02. The Morgan fingerprint density at radius 1 is 1.03 bits per heavy atom. The van der Waals surface area contributed by atoms with Gasteiger partial charge in [0.05, 0.1) is 12.7 Å². The topological polar surface area (TPSA) is 115 Å². The number of rotatable bonds is 8. The van der Waals surface area contributed by atoms with E-state index >= 15 is 0 Å². The number of aromatic nitrogens is 1. The zero-order chi connectivity index (χ0) is 23.3. The highest BCUT2D eigenvalue weighted by atomic mass is 16.5. The Morgan fingerprint density at radius 3 is 2.16 bits per heavy atom. The molecule has 0 aliphatic heterocycles. The van der Waals surface area contributed by atoms with E-state index in [-0.39, 0.29) is 23.3 Å². The monoisotopic (exact) mass is 428 g/mol. The summed E-state index contributed by atoms with van der Waals surface area (Å²) >= 11 is 0. The number of hydrogen-bond acceptors (Lipinski definition) is 6. The van der Waals surface area contributed by atoms with Gasteiger partial charge in [-0.2, -0.15) is 0 Å². The van der Waals surface area contributed by atoms with E-state index in [2.05, 4.69) is 10.3 Å². The number of ketones is 1. The maximum Gasteiger partial charge on any atom is 0.355 e. The van der Waals surface area contributed by atoms with Gasteiger partial charge >= 0.3 is 11.9 Å². The normalized spacial score (nSPS) is 11.7. The van der Waals surface area contributed by atoms with E-state index in [1.165, 1.54) is 14.0 Å². The number of methoxy groups -OCH3 is 1. The first kappa shape index (κ1) is 23.9. The SMILES string of the molecule is CCc1[nH]c(C(=O)OC(C)C(=O)c2ccc(NC(=O)C(C)C)cc2)c(C)c1C(=O)OC. The number of anilines is 1. The largest absolute Gasteiger partial charge is 0.465 e. The van der Waals surface area contributed by atoms with Crippen LogP contribution >= 0.6 is 0 Å². The second-order valence-corrected chi connectivity index (χ2v) is 7.46. The number of amides is 1. The van der Waals surface area contributed by atoms with Crippen LogP contribution in [0.2, 0.25) is 0 Å². The van der Waals surface area contributed by atoms with E-state index in [1.807, 2.05) is 6.92 Å². The summed E-state index contributed by atoms with van der Waals surface area (Å²) in [6.07, 6.45) is -0.551. The number of ether oxygens (including phenoxy) is 2. The van der Waals surface area contributed by atoms with Crippen molar-refractivity contribution in [1.82, 2.24) is 4.98 Å². The molecular weight excluding hydrogens is 400 g/mol. The zero-order valence-electron chi connectivity index (χ0n) is 18.6. The van der Waals surface area contributed by atoms with E-state index in [0.717, 1.165) is 0 Å². The molecule has 31 heavy (non-hydrogen) atoms.